The third kappa shape index (κ3) is 2.76. The van der Waals surface area contributed by atoms with Gasteiger partial charge in [-0.05, 0) is 30.9 Å². The van der Waals surface area contributed by atoms with Crippen LogP contribution in [0.15, 0.2) is 35.1 Å². The molecule has 8 heteroatoms. The third-order valence-electron chi connectivity index (χ3n) is 4.38. The Labute approximate surface area is 143 Å². The second kappa shape index (κ2) is 6.45. The number of β-lactam (4-membered cyclic amide) rings is 1. The van der Waals surface area contributed by atoms with E-state index in [-0.39, 0.29) is 11.1 Å². The van der Waals surface area contributed by atoms with E-state index in [1.807, 2.05) is 18.2 Å². The zero-order valence-corrected chi connectivity index (χ0v) is 14.0. The summed E-state index contributed by atoms with van der Waals surface area (Å²) in [6, 6.07) is -1.52. The van der Waals surface area contributed by atoms with Crippen molar-refractivity contribution in [2.45, 2.75) is 37.2 Å². The highest BCUT2D eigenvalue weighted by molar-refractivity contribution is 8.00. The molecule has 0 bridgehead atoms. The minimum atomic E-state index is -1.12. The van der Waals surface area contributed by atoms with Gasteiger partial charge >= 0.3 is 5.97 Å². The molecule has 0 aromatic rings. The van der Waals surface area contributed by atoms with E-state index in [0.717, 1.165) is 12.0 Å². The average Bonchev–Trinajstić information content (AvgIpc) is 2.59. The fraction of sp³-hybridized carbons (Fsp3) is 0.438. The Bertz CT molecular complexity index is 697. The maximum absolute atomic E-state index is 12.3. The average molecular weight is 349 g/mol. The highest BCUT2D eigenvalue weighted by atomic mass is 32.2. The number of amides is 2. The van der Waals surface area contributed by atoms with Crippen LogP contribution in [0.1, 0.15) is 19.8 Å². The number of nitrogens with one attached hydrogen (secondary N) is 1. The lowest BCUT2D eigenvalue weighted by Gasteiger charge is -2.49. The molecule has 7 nitrogen and oxygen atoms in total. The van der Waals surface area contributed by atoms with Crippen molar-refractivity contribution in [2.75, 3.05) is 5.75 Å². The van der Waals surface area contributed by atoms with Gasteiger partial charge in [0.05, 0.1) is 0 Å². The second-order valence-corrected chi connectivity index (χ2v) is 7.10. The molecule has 0 saturated carbocycles. The van der Waals surface area contributed by atoms with E-state index in [9.17, 15) is 19.5 Å². The van der Waals surface area contributed by atoms with E-state index in [1.54, 1.807) is 6.92 Å². The van der Waals surface area contributed by atoms with E-state index in [4.69, 9.17) is 5.73 Å². The van der Waals surface area contributed by atoms with Crippen LogP contribution in [0.5, 0.6) is 0 Å². The van der Waals surface area contributed by atoms with Crippen LogP contribution in [0.4, 0.5) is 0 Å². The predicted octanol–water partition coefficient (Wildman–Crippen LogP) is 0.349. The summed E-state index contributed by atoms with van der Waals surface area (Å²) in [4.78, 5) is 37.3. The quantitative estimate of drug-likeness (QED) is 0.499. The molecule has 2 heterocycles. The highest BCUT2D eigenvalue weighted by Gasteiger charge is 2.53. The van der Waals surface area contributed by atoms with E-state index in [0.29, 0.717) is 17.7 Å². The number of hydrogen-bond donors (Lipinski definition) is 3. The first kappa shape index (κ1) is 16.8. The number of fused-ring (bicyclic) bond motifs is 1. The van der Waals surface area contributed by atoms with Crippen molar-refractivity contribution in [1.29, 1.82) is 0 Å². The third-order valence-corrected chi connectivity index (χ3v) is 5.80. The number of hydrogen-bond acceptors (Lipinski definition) is 5. The van der Waals surface area contributed by atoms with Gasteiger partial charge in [-0.25, -0.2) is 4.79 Å². The summed E-state index contributed by atoms with van der Waals surface area (Å²) in [7, 11) is 0. The van der Waals surface area contributed by atoms with Gasteiger partial charge < -0.3 is 16.2 Å². The Morgan fingerprint density at radius 1 is 1.46 bits per heavy atom. The van der Waals surface area contributed by atoms with Crippen LogP contribution >= 0.6 is 11.8 Å². The SMILES string of the molecule is CC1=C(C(=O)O)N2C(=O)C(NC(=O)C(N)C3=CCC=CC3)[C@H]2SC1. The first-order chi connectivity index (χ1) is 11.4. The summed E-state index contributed by atoms with van der Waals surface area (Å²) >= 11 is 1.45. The first-order valence-electron chi connectivity index (χ1n) is 7.69. The first-order valence-corrected chi connectivity index (χ1v) is 8.74. The lowest BCUT2D eigenvalue weighted by Crippen LogP contribution is -2.71. The fourth-order valence-electron chi connectivity index (χ4n) is 3.06. The number of allylic oxidation sites excluding steroid dienone is 3. The molecule has 3 rings (SSSR count). The molecule has 3 atom stereocenters. The Morgan fingerprint density at radius 2 is 2.21 bits per heavy atom. The number of aliphatic carboxylic acids is 1. The minimum absolute atomic E-state index is 0.0265. The van der Waals surface area contributed by atoms with Gasteiger partial charge in [0.1, 0.15) is 23.2 Å². The van der Waals surface area contributed by atoms with Gasteiger partial charge in [0.25, 0.3) is 5.91 Å². The molecule has 4 N–H and O–H groups in total. The molecule has 3 aliphatic rings. The number of thioether (sulfide) groups is 1. The van der Waals surface area contributed by atoms with Gasteiger partial charge in [0, 0.05) is 5.75 Å². The molecule has 1 aliphatic carbocycles. The molecule has 0 aromatic carbocycles. The zero-order chi connectivity index (χ0) is 17.4. The molecule has 1 saturated heterocycles. The summed E-state index contributed by atoms with van der Waals surface area (Å²) in [5, 5.41) is 11.6. The van der Waals surface area contributed by atoms with Crippen molar-refractivity contribution in [3.8, 4) is 0 Å². The summed E-state index contributed by atoms with van der Waals surface area (Å²) in [5.41, 5.74) is 7.49. The second-order valence-electron chi connectivity index (χ2n) is 6.00. The molecule has 2 amide bonds. The Kier molecular flexibility index (Phi) is 4.51. The zero-order valence-electron chi connectivity index (χ0n) is 13.2. The molecule has 0 spiro atoms. The van der Waals surface area contributed by atoms with Crippen molar-refractivity contribution in [3.05, 3.63) is 35.1 Å². The van der Waals surface area contributed by atoms with Crippen molar-refractivity contribution >= 4 is 29.5 Å². The van der Waals surface area contributed by atoms with Gasteiger partial charge in [-0.3, -0.25) is 14.5 Å². The maximum Gasteiger partial charge on any atom is 0.352 e. The monoisotopic (exact) mass is 349 g/mol. The number of carbonyl (C=O) groups excluding carboxylic acids is 2. The Morgan fingerprint density at radius 3 is 2.83 bits per heavy atom. The fourth-order valence-corrected chi connectivity index (χ4v) is 4.35. The summed E-state index contributed by atoms with van der Waals surface area (Å²) in [6.07, 6.45) is 7.26. The van der Waals surface area contributed by atoms with Crippen molar-refractivity contribution in [1.82, 2.24) is 10.2 Å². The number of rotatable bonds is 4. The lowest BCUT2D eigenvalue weighted by molar-refractivity contribution is -0.150. The molecule has 24 heavy (non-hydrogen) atoms. The van der Waals surface area contributed by atoms with Crippen LogP contribution in [0, 0.1) is 0 Å². The number of carboxylic acid groups (broad SMARTS) is 1. The minimum Gasteiger partial charge on any atom is -0.477 e. The van der Waals surface area contributed by atoms with Crippen LogP contribution in [0.3, 0.4) is 0 Å². The van der Waals surface area contributed by atoms with Gasteiger partial charge in [-0.1, -0.05) is 18.2 Å². The number of nitrogens with zero attached hydrogens (tertiary/aromatic N) is 1. The van der Waals surface area contributed by atoms with Crippen LogP contribution in [0.25, 0.3) is 0 Å². The molecule has 2 unspecified atom stereocenters. The molecular formula is C16H19N3O4S. The Hall–Kier alpha value is -2.06. The van der Waals surface area contributed by atoms with E-state index < -0.39 is 29.9 Å². The molecule has 1 fully saturated rings. The molecule has 0 radical (unpaired) electrons. The molecule has 2 aliphatic heterocycles. The van der Waals surface area contributed by atoms with E-state index >= 15 is 0 Å². The van der Waals surface area contributed by atoms with Gasteiger partial charge in [0.2, 0.25) is 5.91 Å². The topological polar surface area (TPSA) is 113 Å². The number of carbonyl (C=O) groups is 3. The highest BCUT2D eigenvalue weighted by Crippen LogP contribution is 2.40. The standard InChI is InChI=1S/C16H19N3O4S/c1-8-7-24-15-11(14(21)19(15)12(8)16(22)23)18-13(20)10(17)9-5-3-2-4-6-9/h2-3,6,10-11,15H,4-5,7,17H2,1H3,(H,18,20)(H,22,23)/t10?,11?,15-/m1/s1. The van der Waals surface area contributed by atoms with E-state index in [1.165, 1.54) is 16.7 Å². The molecule has 0 aromatic heterocycles. The van der Waals surface area contributed by atoms with Gasteiger partial charge in [-0.2, -0.15) is 0 Å². The molecule has 128 valence electrons. The Balaban J connectivity index is 1.68. The summed E-state index contributed by atoms with van der Waals surface area (Å²) in [5.74, 6) is -1.41. The number of nitrogens with two attached hydrogens (primary N) is 1. The van der Waals surface area contributed by atoms with Crippen LogP contribution in [0.2, 0.25) is 0 Å². The van der Waals surface area contributed by atoms with Crippen molar-refractivity contribution < 1.29 is 19.5 Å². The normalized spacial score (nSPS) is 27.2. The number of carboxylic acids is 1. The molecular weight excluding hydrogens is 330 g/mol. The van der Waals surface area contributed by atoms with Gasteiger partial charge in [0.15, 0.2) is 0 Å². The van der Waals surface area contributed by atoms with Crippen molar-refractivity contribution in [2.24, 2.45) is 5.73 Å². The predicted molar refractivity (Wildman–Crippen MR) is 89.8 cm³/mol. The van der Waals surface area contributed by atoms with E-state index in [2.05, 4.69) is 5.32 Å². The largest absolute Gasteiger partial charge is 0.477 e. The maximum atomic E-state index is 12.3. The van der Waals surface area contributed by atoms with Crippen LogP contribution < -0.4 is 11.1 Å². The van der Waals surface area contributed by atoms with Crippen LogP contribution in [-0.4, -0.2) is 51.0 Å². The lowest BCUT2D eigenvalue weighted by atomic mass is 9.97. The van der Waals surface area contributed by atoms with Crippen LogP contribution in [-0.2, 0) is 14.4 Å². The summed E-state index contributed by atoms with van der Waals surface area (Å²) in [6.45, 7) is 1.70. The van der Waals surface area contributed by atoms with Crippen molar-refractivity contribution in [3.63, 3.8) is 0 Å². The summed E-state index contributed by atoms with van der Waals surface area (Å²) < 4.78 is 0. The van der Waals surface area contributed by atoms with Gasteiger partial charge in [-0.15, -0.1) is 11.8 Å². The smallest absolute Gasteiger partial charge is 0.352 e.